The van der Waals surface area contributed by atoms with Crippen LogP contribution in [0.25, 0.3) is 0 Å². The fraction of sp³-hybridized carbons (Fsp3) is 0.500. The summed E-state index contributed by atoms with van der Waals surface area (Å²) in [6.07, 6.45) is 0.566. The van der Waals surface area contributed by atoms with Gasteiger partial charge in [0.25, 0.3) is 0 Å². The first-order valence-corrected chi connectivity index (χ1v) is 6.72. The van der Waals surface area contributed by atoms with E-state index in [1.54, 1.807) is 0 Å². The van der Waals surface area contributed by atoms with Crippen LogP contribution in [0, 0.1) is 0 Å². The molecule has 98 valence electrons. The molecule has 1 aromatic rings. The molecule has 1 aliphatic heterocycles. The Labute approximate surface area is 114 Å². The van der Waals surface area contributed by atoms with E-state index in [1.807, 2.05) is 18.2 Å². The highest BCUT2D eigenvalue weighted by molar-refractivity contribution is 7.80. The molecule has 1 heterocycles. The van der Waals surface area contributed by atoms with Crippen molar-refractivity contribution in [1.82, 2.24) is 4.90 Å². The molecule has 1 fully saturated rings. The molecule has 0 bridgehead atoms. The standard InChI is InChI=1S/C14H20N2OS/c1-10-7-16(8-11(2)17-10)9-12-5-3-4-6-13(12)14(15)18/h3-6,10-11H,7-9H2,1-2H3,(H2,15,18). The number of rotatable bonds is 3. The molecule has 4 heteroatoms. The van der Waals surface area contributed by atoms with Gasteiger partial charge in [-0.15, -0.1) is 0 Å². The average molecular weight is 264 g/mol. The Morgan fingerprint density at radius 3 is 2.56 bits per heavy atom. The van der Waals surface area contributed by atoms with Crippen molar-refractivity contribution in [3.05, 3.63) is 35.4 Å². The predicted octanol–water partition coefficient (Wildman–Crippen LogP) is 1.93. The topological polar surface area (TPSA) is 38.5 Å². The molecule has 0 aliphatic carbocycles. The third kappa shape index (κ3) is 3.28. The van der Waals surface area contributed by atoms with Gasteiger partial charge in [-0.25, -0.2) is 0 Å². The quantitative estimate of drug-likeness (QED) is 0.847. The number of benzene rings is 1. The van der Waals surface area contributed by atoms with Crippen LogP contribution in [0.2, 0.25) is 0 Å². The number of morpholine rings is 1. The van der Waals surface area contributed by atoms with Gasteiger partial charge in [-0.2, -0.15) is 0 Å². The molecule has 1 aliphatic rings. The Kier molecular flexibility index (Phi) is 4.32. The smallest absolute Gasteiger partial charge is 0.104 e. The molecule has 1 saturated heterocycles. The molecule has 2 N–H and O–H groups in total. The first-order chi connectivity index (χ1) is 8.56. The maximum Gasteiger partial charge on any atom is 0.104 e. The lowest BCUT2D eigenvalue weighted by atomic mass is 10.1. The normalized spacial score (nSPS) is 25.0. The van der Waals surface area contributed by atoms with Crippen molar-refractivity contribution in [2.45, 2.75) is 32.6 Å². The van der Waals surface area contributed by atoms with Crippen molar-refractivity contribution in [2.75, 3.05) is 13.1 Å². The number of nitrogens with zero attached hydrogens (tertiary/aromatic N) is 1. The van der Waals surface area contributed by atoms with Crippen molar-refractivity contribution in [3.63, 3.8) is 0 Å². The van der Waals surface area contributed by atoms with Crippen molar-refractivity contribution in [1.29, 1.82) is 0 Å². The van der Waals surface area contributed by atoms with Crippen molar-refractivity contribution >= 4 is 17.2 Å². The molecule has 0 spiro atoms. The lowest BCUT2D eigenvalue weighted by Crippen LogP contribution is -2.45. The second-order valence-electron chi connectivity index (χ2n) is 4.97. The van der Waals surface area contributed by atoms with Gasteiger partial charge in [-0.1, -0.05) is 36.5 Å². The van der Waals surface area contributed by atoms with E-state index in [4.69, 9.17) is 22.7 Å². The van der Waals surface area contributed by atoms with Gasteiger partial charge >= 0.3 is 0 Å². The number of ether oxygens (including phenoxy) is 1. The molecule has 2 rings (SSSR count). The van der Waals surface area contributed by atoms with E-state index < -0.39 is 0 Å². The first kappa shape index (κ1) is 13.5. The van der Waals surface area contributed by atoms with E-state index in [9.17, 15) is 0 Å². The van der Waals surface area contributed by atoms with Gasteiger partial charge in [-0.05, 0) is 19.4 Å². The molecule has 18 heavy (non-hydrogen) atoms. The number of hydrogen-bond donors (Lipinski definition) is 1. The molecule has 2 atom stereocenters. The lowest BCUT2D eigenvalue weighted by molar-refractivity contribution is -0.0705. The third-order valence-electron chi connectivity index (χ3n) is 3.17. The fourth-order valence-electron chi connectivity index (χ4n) is 2.55. The summed E-state index contributed by atoms with van der Waals surface area (Å²) in [5.41, 5.74) is 7.95. The summed E-state index contributed by atoms with van der Waals surface area (Å²) in [6.45, 7) is 7.02. The predicted molar refractivity (Wildman–Crippen MR) is 77.6 cm³/mol. The molecular weight excluding hydrogens is 244 g/mol. The summed E-state index contributed by atoms with van der Waals surface area (Å²) in [7, 11) is 0. The average Bonchev–Trinajstić information content (AvgIpc) is 2.27. The largest absolute Gasteiger partial charge is 0.389 e. The summed E-state index contributed by atoms with van der Waals surface area (Å²) in [4.78, 5) is 2.87. The Morgan fingerprint density at radius 2 is 1.94 bits per heavy atom. The highest BCUT2D eigenvalue weighted by atomic mass is 32.1. The minimum Gasteiger partial charge on any atom is -0.389 e. The molecule has 2 unspecified atom stereocenters. The molecule has 0 aromatic heterocycles. The van der Waals surface area contributed by atoms with E-state index in [1.165, 1.54) is 5.56 Å². The van der Waals surface area contributed by atoms with Gasteiger partial charge in [0.2, 0.25) is 0 Å². The van der Waals surface area contributed by atoms with Gasteiger partial charge in [-0.3, -0.25) is 4.90 Å². The first-order valence-electron chi connectivity index (χ1n) is 6.31. The monoisotopic (exact) mass is 264 g/mol. The molecule has 1 aromatic carbocycles. The van der Waals surface area contributed by atoms with E-state index in [0.29, 0.717) is 4.99 Å². The molecule has 0 radical (unpaired) electrons. The zero-order chi connectivity index (χ0) is 13.1. The number of nitrogens with two attached hydrogens (primary N) is 1. The Bertz CT molecular complexity index is 426. The van der Waals surface area contributed by atoms with Gasteiger partial charge < -0.3 is 10.5 Å². The van der Waals surface area contributed by atoms with Gasteiger partial charge in [0.1, 0.15) is 4.99 Å². The van der Waals surface area contributed by atoms with Crippen LogP contribution in [0.1, 0.15) is 25.0 Å². The molecule has 3 nitrogen and oxygen atoms in total. The van der Waals surface area contributed by atoms with E-state index in [0.717, 1.165) is 25.2 Å². The summed E-state index contributed by atoms with van der Waals surface area (Å²) < 4.78 is 5.74. The number of hydrogen-bond acceptors (Lipinski definition) is 3. The van der Waals surface area contributed by atoms with E-state index in [-0.39, 0.29) is 12.2 Å². The second-order valence-corrected chi connectivity index (χ2v) is 5.41. The van der Waals surface area contributed by atoms with Crippen LogP contribution in [0.5, 0.6) is 0 Å². The van der Waals surface area contributed by atoms with Gasteiger partial charge in [0.15, 0.2) is 0 Å². The Morgan fingerprint density at radius 1 is 1.33 bits per heavy atom. The van der Waals surface area contributed by atoms with Gasteiger partial charge in [0, 0.05) is 25.2 Å². The summed E-state index contributed by atoms with van der Waals surface area (Å²) >= 11 is 5.10. The Hall–Kier alpha value is -0.970. The van der Waals surface area contributed by atoms with Crippen LogP contribution in [-0.2, 0) is 11.3 Å². The van der Waals surface area contributed by atoms with Crippen LogP contribution in [0.15, 0.2) is 24.3 Å². The molecule has 0 amide bonds. The van der Waals surface area contributed by atoms with Crippen molar-refractivity contribution < 1.29 is 4.74 Å². The van der Waals surface area contributed by atoms with Crippen LogP contribution in [-0.4, -0.2) is 35.2 Å². The zero-order valence-corrected chi connectivity index (χ0v) is 11.7. The summed E-state index contributed by atoms with van der Waals surface area (Å²) in [6, 6.07) is 8.09. The lowest BCUT2D eigenvalue weighted by Gasteiger charge is -2.35. The summed E-state index contributed by atoms with van der Waals surface area (Å²) in [5, 5.41) is 0. The van der Waals surface area contributed by atoms with Gasteiger partial charge in [0.05, 0.1) is 12.2 Å². The SMILES string of the molecule is CC1CN(Cc2ccccc2C(N)=S)CC(C)O1. The van der Waals surface area contributed by atoms with E-state index >= 15 is 0 Å². The van der Waals surface area contributed by atoms with Crippen LogP contribution >= 0.6 is 12.2 Å². The van der Waals surface area contributed by atoms with Crippen LogP contribution in [0.3, 0.4) is 0 Å². The highest BCUT2D eigenvalue weighted by Gasteiger charge is 2.22. The number of thiocarbonyl (C=S) groups is 1. The van der Waals surface area contributed by atoms with Crippen LogP contribution < -0.4 is 5.73 Å². The highest BCUT2D eigenvalue weighted by Crippen LogP contribution is 2.16. The fourth-order valence-corrected chi connectivity index (χ4v) is 2.75. The van der Waals surface area contributed by atoms with Crippen LogP contribution in [0.4, 0.5) is 0 Å². The summed E-state index contributed by atoms with van der Waals surface area (Å²) in [5.74, 6) is 0. The Balaban J connectivity index is 2.11. The maximum absolute atomic E-state index is 5.76. The maximum atomic E-state index is 5.76. The minimum absolute atomic E-state index is 0.283. The second kappa shape index (κ2) is 5.78. The minimum atomic E-state index is 0.283. The zero-order valence-electron chi connectivity index (χ0n) is 10.9. The molecule has 0 saturated carbocycles. The molecular formula is C14H20N2OS. The van der Waals surface area contributed by atoms with Crippen molar-refractivity contribution in [2.24, 2.45) is 5.73 Å². The van der Waals surface area contributed by atoms with E-state index in [2.05, 4.69) is 24.8 Å². The third-order valence-corrected chi connectivity index (χ3v) is 3.39. The van der Waals surface area contributed by atoms with Crippen molar-refractivity contribution in [3.8, 4) is 0 Å².